The number of nitrogens with one attached hydrogen (secondary N) is 1. The number of nitro benzene ring substituents is 1. The number of para-hydroxylation sites is 1. The second kappa shape index (κ2) is 9.58. The average Bonchev–Trinajstić information content (AvgIpc) is 3.22. The lowest BCUT2D eigenvalue weighted by atomic mass is 10.2. The molecule has 168 valence electrons. The number of benzene rings is 2. The number of amides is 1. The second-order valence-corrected chi connectivity index (χ2v) is 8.60. The Morgan fingerprint density at radius 2 is 1.97 bits per heavy atom. The van der Waals surface area contributed by atoms with E-state index < -0.39 is 20.6 Å². The van der Waals surface area contributed by atoms with Gasteiger partial charge in [0.2, 0.25) is 15.9 Å². The van der Waals surface area contributed by atoms with Crippen LogP contribution in [0.15, 0.2) is 65.8 Å². The molecular formula is C20H22N6O5S. The number of nitro groups is 1. The lowest BCUT2D eigenvalue weighted by Gasteiger charge is -2.16. The SMILES string of the molecule is CN(Cc1cnn(-c2ccccc2)c1)C(=O)CCNc1ccc(S(N)(=O)=O)cc1[N+](=O)[O-]. The molecule has 1 heterocycles. The van der Waals surface area contributed by atoms with E-state index in [1.54, 1.807) is 17.9 Å². The van der Waals surface area contributed by atoms with Gasteiger partial charge in [0.15, 0.2) is 0 Å². The number of rotatable bonds is 9. The molecule has 0 unspecified atom stereocenters. The van der Waals surface area contributed by atoms with Crippen molar-refractivity contribution < 1.29 is 18.1 Å². The summed E-state index contributed by atoms with van der Waals surface area (Å²) in [7, 11) is -2.41. The van der Waals surface area contributed by atoms with Gasteiger partial charge in [-0.2, -0.15) is 5.10 Å². The number of carbonyl (C=O) groups is 1. The van der Waals surface area contributed by atoms with Gasteiger partial charge in [0.25, 0.3) is 5.69 Å². The zero-order valence-electron chi connectivity index (χ0n) is 17.2. The third-order valence-corrected chi connectivity index (χ3v) is 5.56. The van der Waals surface area contributed by atoms with E-state index in [2.05, 4.69) is 10.4 Å². The minimum atomic E-state index is -4.07. The van der Waals surface area contributed by atoms with Crippen LogP contribution >= 0.6 is 0 Å². The van der Waals surface area contributed by atoms with Gasteiger partial charge in [-0.15, -0.1) is 0 Å². The molecule has 2 aromatic carbocycles. The van der Waals surface area contributed by atoms with Crippen molar-refractivity contribution in [1.29, 1.82) is 0 Å². The van der Waals surface area contributed by atoms with Crippen LogP contribution in [0.1, 0.15) is 12.0 Å². The summed E-state index contributed by atoms with van der Waals surface area (Å²) in [6.07, 6.45) is 3.61. The van der Waals surface area contributed by atoms with E-state index in [4.69, 9.17) is 5.14 Å². The molecule has 1 amide bonds. The number of hydrogen-bond acceptors (Lipinski definition) is 7. The molecule has 0 saturated heterocycles. The number of nitrogens with zero attached hydrogens (tertiary/aromatic N) is 4. The van der Waals surface area contributed by atoms with E-state index in [-0.39, 0.29) is 29.5 Å². The highest BCUT2D eigenvalue weighted by atomic mass is 32.2. The summed E-state index contributed by atoms with van der Waals surface area (Å²) in [6.45, 7) is 0.483. The van der Waals surface area contributed by atoms with Crippen LogP contribution < -0.4 is 10.5 Å². The van der Waals surface area contributed by atoms with Crippen LogP contribution in [-0.4, -0.2) is 47.5 Å². The van der Waals surface area contributed by atoms with Crippen molar-refractivity contribution >= 4 is 27.3 Å². The van der Waals surface area contributed by atoms with Gasteiger partial charge in [-0.25, -0.2) is 18.2 Å². The Morgan fingerprint density at radius 1 is 1.25 bits per heavy atom. The Morgan fingerprint density at radius 3 is 2.62 bits per heavy atom. The summed E-state index contributed by atoms with van der Waals surface area (Å²) in [4.78, 5) is 24.2. The van der Waals surface area contributed by atoms with Gasteiger partial charge in [0.05, 0.1) is 21.7 Å². The fourth-order valence-corrected chi connectivity index (χ4v) is 3.54. The molecule has 1 aromatic heterocycles. The fourth-order valence-electron chi connectivity index (χ4n) is 3.01. The van der Waals surface area contributed by atoms with Gasteiger partial charge in [0.1, 0.15) is 5.69 Å². The molecule has 12 heteroatoms. The molecule has 3 aromatic rings. The van der Waals surface area contributed by atoms with Crippen LogP contribution in [0.3, 0.4) is 0 Å². The average molecular weight is 459 g/mol. The number of anilines is 1. The van der Waals surface area contributed by atoms with E-state index in [0.29, 0.717) is 6.54 Å². The zero-order valence-corrected chi connectivity index (χ0v) is 18.0. The zero-order chi connectivity index (χ0) is 23.3. The predicted octanol–water partition coefficient (Wildman–Crippen LogP) is 1.89. The van der Waals surface area contributed by atoms with E-state index in [9.17, 15) is 23.3 Å². The van der Waals surface area contributed by atoms with Gasteiger partial charge in [0, 0.05) is 44.4 Å². The van der Waals surface area contributed by atoms with Gasteiger partial charge in [-0.3, -0.25) is 14.9 Å². The van der Waals surface area contributed by atoms with E-state index in [1.165, 1.54) is 17.0 Å². The number of carbonyl (C=O) groups excluding carboxylic acids is 1. The van der Waals surface area contributed by atoms with Crippen LogP contribution in [0.2, 0.25) is 0 Å². The monoisotopic (exact) mass is 458 g/mol. The molecule has 32 heavy (non-hydrogen) atoms. The first kappa shape index (κ1) is 22.9. The van der Waals surface area contributed by atoms with E-state index in [0.717, 1.165) is 17.3 Å². The highest BCUT2D eigenvalue weighted by Crippen LogP contribution is 2.27. The van der Waals surface area contributed by atoms with Crippen molar-refractivity contribution in [3.8, 4) is 5.69 Å². The Bertz CT molecular complexity index is 1230. The third-order valence-electron chi connectivity index (χ3n) is 4.65. The summed E-state index contributed by atoms with van der Waals surface area (Å²) in [5.41, 5.74) is 1.42. The quantitative estimate of drug-likeness (QED) is 0.367. The Balaban J connectivity index is 1.57. The van der Waals surface area contributed by atoms with Crippen LogP contribution in [0.4, 0.5) is 11.4 Å². The molecule has 0 aliphatic rings. The minimum absolute atomic E-state index is 0.0808. The molecule has 0 fully saturated rings. The summed E-state index contributed by atoms with van der Waals surface area (Å²) in [6, 6.07) is 12.9. The molecule has 0 bridgehead atoms. The molecule has 0 saturated carbocycles. The second-order valence-electron chi connectivity index (χ2n) is 7.04. The normalized spacial score (nSPS) is 11.2. The van der Waals surface area contributed by atoms with Gasteiger partial charge in [-0.1, -0.05) is 18.2 Å². The molecule has 3 rings (SSSR count). The highest BCUT2D eigenvalue weighted by molar-refractivity contribution is 7.89. The summed E-state index contributed by atoms with van der Waals surface area (Å²) < 4.78 is 24.5. The van der Waals surface area contributed by atoms with E-state index in [1.807, 2.05) is 36.5 Å². The first-order chi connectivity index (χ1) is 15.1. The predicted molar refractivity (Wildman–Crippen MR) is 118 cm³/mol. The molecule has 0 atom stereocenters. The topological polar surface area (TPSA) is 153 Å². The largest absolute Gasteiger partial charge is 0.379 e. The van der Waals surface area contributed by atoms with Crippen molar-refractivity contribution in [3.63, 3.8) is 0 Å². The lowest BCUT2D eigenvalue weighted by Crippen LogP contribution is -2.27. The number of sulfonamides is 1. The molecule has 11 nitrogen and oxygen atoms in total. The number of hydrogen-bond donors (Lipinski definition) is 2. The Hall–Kier alpha value is -3.77. The fraction of sp³-hybridized carbons (Fsp3) is 0.200. The maximum absolute atomic E-state index is 12.4. The first-order valence-electron chi connectivity index (χ1n) is 9.53. The van der Waals surface area contributed by atoms with Crippen molar-refractivity contribution in [2.24, 2.45) is 5.14 Å². The Kier molecular flexibility index (Phi) is 6.85. The summed E-state index contributed by atoms with van der Waals surface area (Å²) >= 11 is 0. The number of primary sulfonamides is 1. The molecule has 0 aliphatic carbocycles. The lowest BCUT2D eigenvalue weighted by molar-refractivity contribution is -0.384. The standard InChI is InChI=1S/C20H22N6O5S/c1-24(13-15-12-23-25(14-15)16-5-3-2-4-6-16)20(27)9-10-22-18-8-7-17(32(21,30)31)11-19(18)26(28)29/h2-8,11-12,14,22H,9-10,13H2,1H3,(H2,21,30,31). The Labute approximate surface area is 184 Å². The molecular weight excluding hydrogens is 436 g/mol. The molecule has 3 N–H and O–H groups in total. The van der Waals surface area contributed by atoms with Crippen molar-refractivity contribution in [1.82, 2.24) is 14.7 Å². The molecule has 0 spiro atoms. The summed E-state index contributed by atoms with van der Waals surface area (Å²) in [5.74, 6) is -0.172. The van der Waals surface area contributed by atoms with Crippen LogP contribution in [0.5, 0.6) is 0 Å². The van der Waals surface area contributed by atoms with Crippen molar-refractivity contribution in [3.05, 3.63) is 76.6 Å². The molecule has 0 radical (unpaired) electrons. The minimum Gasteiger partial charge on any atom is -0.379 e. The van der Waals surface area contributed by atoms with E-state index >= 15 is 0 Å². The maximum Gasteiger partial charge on any atom is 0.293 e. The van der Waals surface area contributed by atoms with Crippen molar-refractivity contribution in [2.75, 3.05) is 18.9 Å². The molecule has 0 aliphatic heterocycles. The third kappa shape index (κ3) is 5.68. The number of nitrogens with two attached hydrogens (primary N) is 1. The van der Waals surface area contributed by atoms with Crippen LogP contribution in [-0.2, 0) is 21.4 Å². The van der Waals surface area contributed by atoms with Crippen LogP contribution in [0.25, 0.3) is 5.69 Å². The summed E-state index contributed by atoms with van der Waals surface area (Å²) in [5, 5.41) is 23.4. The number of aromatic nitrogens is 2. The van der Waals surface area contributed by atoms with Crippen molar-refractivity contribution in [2.45, 2.75) is 17.9 Å². The highest BCUT2D eigenvalue weighted by Gasteiger charge is 2.19. The smallest absolute Gasteiger partial charge is 0.293 e. The first-order valence-corrected chi connectivity index (χ1v) is 11.1. The maximum atomic E-state index is 12.4. The van der Waals surface area contributed by atoms with Gasteiger partial charge in [-0.05, 0) is 24.3 Å². The van der Waals surface area contributed by atoms with Crippen LogP contribution in [0, 0.1) is 10.1 Å². The van der Waals surface area contributed by atoms with Gasteiger partial charge < -0.3 is 10.2 Å². The van der Waals surface area contributed by atoms with Gasteiger partial charge >= 0.3 is 0 Å².